The van der Waals surface area contributed by atoms with Gasteiger partial charge in [0.2, 0.25) is 10.0 Å². The van der Waals surface area contributed by atoms with Crippen molar-refractivity contribution in [2.75, 3.05) is 30.3 Å². The molecule has 0 aliphatic rings. The molecule has 0 spiro atoms. The van der Waals surface area contributed by atoms with Crippen LogP contribution < -0.4 is 19.2 Å². The largest absolute Gasteiger partial charge is 0.490 e. The number of anilines is 1. The third-order valence-electron chi connectivity index (χ3n) is 4.14. The SMILES string of the molecule is C=CCOc1ccc(/C=N\NC(=O)CN(c2ccc(Cl)cc2C)S(C)(=O)=O)cc1OCC. The second-order valence-corrected chi connectivity index (χ2v) is 9.08. The second-order valence-electron chi connectivity index (χ2n) is 6.73. The molecular formula is C22H26ClN3O5S. The van der Waals surface area contributed by atoms with E-state index < -0.39 is 22.5 Å². The van der Waals surface area contributed by atoms with E-state index in [1.807, 2.05) is 6.92 Å². The van der Waals surface area contributed by atoms with Crippen LogP contribution in [0.5, 0.6) is 11.5 Å². The number of nitrogens with one attached hydrogen (secondary N) is 1. The van der Waals surface area contributed by atoms with Crippen LogP contribution in [0.2, 0.25) is 5.02 Å². The molecule has 2 rings (SSSR count). The molecule has 0 bridgehead atoms. The summed E-state index contributed by atoms with van der Waals surface area (Å²) in [7, 11) is -3.71. The van der Waals surface area contributed by atoms with Gasteiger partial charge in [0.15, 0.2) is 11.5 Å². The van der Waals surface area contributed by atoms with E-state index >= 15 is 0 Å². The summed E-state index contributed by atoms with van der Waals surface area (Å²) >= 11 is 5.95. The summed E-state index contributed by atoms with van der Waals surface area (Å²) in [5.41, 5.74) is 4.00. The number of ether oxygens (including phenoxy) is 2. The summed E-state index contributed by atoms with van der Waals surface area (Å²) in [6.45, 7) is 7.55. The van der Waals surface area contributed by atoms with E-state index in [0.717, 1.165) is 10.6 Å². The van der Waals surface area contributed by atoms with Gasteiger partial charge in [-0.25, -0.2) is 13.8 Å². The van der Waals surface area contributed by atoms with Gasteiger partial charge in [0.25, 0.3) is 5.91 Å². The number of sulfonamides is 1. The van der Waals surface area contributed by atoms with Crippen LogP contribution in [0.4, 0.5) is 5.69 Å². The number of carbonyl (C=O) groups is 1. The Morgan fingerprint density at radius 2 is 1.97 bits per heavy atom. The van der Waals surface area contributed by atoms with Gasteiger partial charge in [-0.05, 0) is 61.4 Å². The van der Waals surface area contributed by atoms with Crippen molar-refractivity contribution in [1.82, 2.24) is 5.43 Å². The van der Waals surface area contributed by atoms with Crippen molar-refractivity contribution >= 4 is 39.4 Å². The molecule has 0 saturated carbocycles. The number of hydrazone groups is 1. The highest BCUT2D eigenvalue weighted by Crippen LogP contribution is 2.28. The van der Waals surface area contributed by atoms with Gasteiger partial charge in [-0.3, -0.25) is 9.10 Å². The molecule has 0 atom stereocenters. The number of carbonyl (C=O) groups excluding carboxylic acids is 1. The van der Waals surface area contributed by atoms with E-state index in [0.29, 0.717) is 46.5 Å². The summed E-state index contributed by atoms with van der Waals surface area (Å²) in [5.74, 6) is 0.498. The summed E-state index contributed by atoms with van der Waals surface area (Å²) in [4.78, 5) is 12.4. The third kappa shape index (κ3) is 7.28. The molecule has 0 radical (unpaired) electrons. The predicted molar refractivity (Wildman–Crippen MR) is 127 cm³/mol. The lowest BCUT2D eigenvalue weighted by Crippen LogP contribution is -2.39. The van der Waals surface area contributed by atoms with Crippen LogP contribution in [0.3, 0.4) is 0 Å². The Morgan fingerprint density at radius 3 is 2.59 bits per heavy atom. The van der Waals surface area contributed by atoms with Gasteiger partial charge in [0.1, 0.15) is 13.2 Å². The van der Waals surface area contributed by atoms with Crippen LogP contribution in [-0.2, 0) is 14.8 Å². The van der Waals surface area contributed by atoms with Crippen LogP contribution in [0.1, 0.15) is 18.1 Å². The van der Waals surface area contributed by atoms with Gasteiger partial charge in [-0.1, -0.05) is 24.3 Å². The summed E-state index contributed by atoms with van der Waals surface area (Å²) < 4.78 is 36.6. The molecule has 10 heteroatoms. The van der Waals surface area contributed by atoms with Crippen molar-refractivity contribution in [3.63, 3.8) is 0 Å². The minimum absolute atomic E-state index is 0.341. The predicted octanol–water partition coefficient (Wildman–Crippen LogP) is 3.53. The van der Waals surface area contributed by atoms with Gasteiger partial charge in [-0.2, -0.15) is 5.10 Å². The molecule has 32 heavy (non-hydrogen) atoms. The highest BCUT2D eigenvalue weighted by atomic mass is 35.5. The number of amides is 1. The van der Waals surface area contributed by atoms with E-state index in [-0.39, 0.29) is 0 Å². The molecule has 0 aliphatic carbocycles. The highest BCUT2D eigenvalue weighted by Gasteiger charge is 2.22. The Morgan fingerprint density at radius 1 is 1.22 bits per heavy atom. The van der Waals surface area contributed by atoms with Crippen molar-refractivity contribution in [1.29, 1.82) is 0 Å². The number of rotatable bonds is 11. The molecule has 0 unspecified atom stereocenters. The van der Waals surface area contributed by atoms with Gasteiger partial charge in [0.05, 0.1) is 24.8 Å². The first-order chi connectivity index (χ1) is 15.2. The number of hydrogen-bond donors (Lipinski definition) is 1. The molecule has 1 amide bonds. The molecule has 0 heterocycles. The first-order valence-corrected chi connectivity index (χ1v) is 11.9. The van der Waals surface area contributed by atoms with Gasteiger partial charge in [-0.15, -0.1) is 0 Å². The molecule has 2 aromatic rings. The van der Waals surface area contributed by atoms with Crippen molar-refractivity contribution in [2.45, 2.75) is 13.8 Å². The number of aryl methyl sites for hydroxylation is 1. The van der Waals surface area contributed by atoms with Crippen molar-refractivity contribution in [2.24, 2.45) is 5.10 Å². The molecular weight excluding hydrogens is 454 g/mol. The van der Waals surface area contributed by atoms with E-state index in [4.69, 9.17) is 21.1 Å². The number of nitrogens with zero attached hydrogens (tertiary/aromatic N) is 2. The minimum Gasteiger partial charge on any atom is -0.490 e. The van der Waals surface area contributed by atoms with Crippen LogP contribution in [-0.4, -0.2) is 46.6 Å². The Labute approximate surface area is 193 Å². The standard InChI is InChI=1S/C22H26ClN3O5S/c1-5-11-31-20-10-7-17(13-21(20)30-6-2)14-24-25-22(27)15-26(32(4,28)29)19-9-8-18(23)12-16(19)3/h5,7-10,12-14H,1,6,11,15H2,2-4H3,(H,25,27)/b24-14-. The minimum atomic E-state index is -3.71. The number of halogens is 1. The number of hydrogen-bond acceptors (Lipinski definition) is 6. The quantitative estimate of drug-likeness (QED) is 0.302. The normalized spacial score (nSPS) is 11.2. The Bertz CT molecular complexity index is 1100. The molecule has 2 aromatic carbocycles. The molecule has 0 saturated heterocycles. The first-order valence-electron chi connectivity index (χ1n) is 9.72. The van der Waals surface area contributed by atoms with Crippen molar-refractivity contribution in [3.05, 3.63) is 65.2 Å². The summed E-state index contributed by atoms with van der Waals surface area (Å²) in [5, 5.41) is 4.39. The second kappa shape index (κ2) is 11.5. The fourth-order valence-corrected chi connectivity index (χ4v) is 3.91. The van der Waals surface area contributed by atoms with E-state index in [2.05, 4.69) is 17.1 Å². The van der Waals surface area contributed by atoms with Crippen molar-refractivity contribution in [3.8, 4) is 11.5 Å². The fraction of sp³-hybridized carbons (Fsp3) is 0.273. The lowest BCUT2D eigenvalue weighted by molar-refractivity contribution is -0.119. The summed E-state index contributed by atoms with van der Waals surface area (Å²) in [6, 6.07) is 9.95. The van der Waals surface area contributed by atoms with E-state index in [9.17, 15) is 13.2 Å². The topological polar surface area (TPSA) is 97.3 Å². The molecule has 8 nitrogen and oxygen atoms in total. The fourth-order valence-electron chi connectivity index (χ4n) is 2.77. The van der Waals surface area contributed by atoms with Crippen LogP contribution in [0.15, 0.2) is 54.2 Å². The van der Waals surface area contributed by atoms with Gasteiger partial charge >= 0.3 is 0 Å². The molecule has 0 fully saturated rings. The van der Waals surface area contributed by atoms with E-state index in [1.165, 1.54) is 6.21 Å². The maximum Gasteiger partial charge on any atom is 0.260 e. The number of benzene rings is 2. The van der Waals surface area contributed by atoms with Crippen LogP contribution >= 0.6 is 11.6 Å². The average Bonchev–Trinajstić information content (AvgIpc) is 2.71. The van der Waals surface area contributed by atoms with Crippen molar-refractivity contribution < 1.29 is 22.7 Å². The molecule has 0 aliphatic heterocycles. The Hall–Kier alpha value is -3.04. The zero-order valence-electron chi connectivity index (χ0n) is 18.2. The Kier molecular flexibility index (Phi) is 9.10. The highest BCUT2D eigenvalue weighted by molar-refractivity contribution is 7.92. The molecule has 172 valence electrons. The third-order valence-corrected chi connectivity index (χ3v) is 5.50. The maximum atomic E-state index is 12.4. The average molecular weight is 480 g/mol. The molecule has 0 aromatic heterocycles. The zero-order chi connectivity index (χ0) is 23.7. The Balaban J connectivity index is 2.11. The summed E-state index contributed by atoms with van der Waals surface area (Å²) in [6.07, 6.45) is 4.09. The lowest BCUT2D eigenvalue weighted by atomic mass is 10.2. The smallest absolute Gasteiger partial charge is 0.260 e. The van der Waals surface area contributed by atoms with Gasteiger partial charge < -0.3 is 9.47 Å². The zero-order valence-corrected chi connectivity index (χ0v) is 19.7. The molecule has 1 N–H and O–H groups in total. The first kappa shape index (κ1) is 25.2. The monoisotopic (exact) mass is 479 g/mol. The van der Waals surface area contributed by atoms with Crippen LogP contribution in [0, 0.1) is 6.92 Å². The lowest BCUT2D eigenvalue weighted by Gasteiger charge is -2.23. The maximum absolute atomic E-state index is 12.4. The van der Waals surface area contributed by atoms with Crippen LogP contribution in [0.25, 0.3) is 0 Å². The van der Waals surface area contributed by atoms with Gasteiger partial charge in [0, 0.05) is 5.02 Å². The van der Waals surface area contributed by atoms with E-state index in [1.54, 1.807) is 49.4 Å².